The van der Waals surface area contributed by atoms with E-state index < -0.39 is 11.4 Å². The van der Waals surface area contributed by atoms with Crippen LogP contribution >= 0.6 is 0 Å². The number of likely N-dealkylation sites (tertiary alicyclic amines) is 1. The summed E-state index contributed by atoms with van der Waals surface area (Å²) in [5.74, 6) is -0.729. The Hall–Kier alpha value is -1.30. The van der Waals surface area contributed by atoms with Crippen molar-refractivity contribution < 1.29 is 19.4 Å². The molecule has 6 nitrogen and oxygen atoms in total. The second-order valence-electron chi connectivity index (χ2n) is 5.63. The van der Waals surface area contributed by atoms with Crippen LogP contribution < -0.4 is 5.32 Å². The Morgan fingerprint density at radius 3 is 2.45 bits per heavy atom. The van der Waals surface area contributed by atoms with Gasteiger partial charge in [-0.25, -0.2) is 4.79 Å². The second kappa shape index (κ2) is 7.47. The number of carboxylic acids is 1. The fraction of sp³-hybridized carbons (Fsp3) is 0.857. The van der Waals surface area contributed by atoms with Gasteiger partial charge in [0.25, 0.3) is 0 Å². The van der Waals surface area contributed by atoms with Gasteiger partial charge in [-0.05, 0) is 26.2 Å². The van der Waals surface area contributed by atoms with Crippen molar-refractivity contribution in [3.8, 4) is 0 Å². The number of aliphatic carboxylic acids is 1. The molecule has 0 aliphatic carbocycles. The summed E-state index contributed by atoms with van der Waals surface area (Å²) >= 11 is 0. The number of piperidine rings is 1. The van der Waals surface area contributed by atoms with Crippen LogP contribution in [0.15, 0.2) is 0 Å². The number of ether oxygens (including phenoxy) is 1. The molecule has 6 heteroatoms. The lowest BCUT2D eigenvalue weighted by Crippen LogP contribution is -2.51. The number of hydrogen-bond donors (Lipinski definition) is 2. The van der Waals surface area contributed by atoms with Gasteiger partial charge in [0.1, 0.15) is 0 Å². The third kappa shape index (κ3) is 4.10. The lowest BCUT2D eigenvalue weighted by atomic mass is 9.75. The first kappa shape index (κ1) is 16.8. The van der Waals surface area contributed by atoms with Gasteiger partial charge in [0.2, 0.25) is 0 Å². The number of urea groups is 1. The molecule has 20 heavy (non-hydrogen) atoms. The second-order valence-corrected chi connectivity index (χ2v) is 5.63. The number of hydrogen-bond acceptors (Lipinski definition) is 3. The summed E-state index contributed by atoms with van der Waals surface area (Å²) in [5, 5.41) is 12.3. The molecule has 0 aromatic rings. The number of nitrogens with zero attached hydrogens (tertiary/aromatic N) is 1. The van der Waals surface area contributed by atoms with Gasteiger partial charge < -0.3 is 20.1 Å². The minimum Gasteiger partial charge on any atom is -0.481 e. The molecule has 1 saturated heterocycles. The van der Waals surface area contributed by atoms with Crippen molar-refractivity contribution in [1.82, 2.24) is 10.2 Å². The number of methoxy groups -OCH3 is 1. The molecule has 1 aliphatic rings. The largest absolute Gasteiger partial charge is 0.481 e. The molecule has 2 N–H and O–H groups in total. The molecule has 0 bridgehead atoms. The Balaban J connectivity index is 2.52. The van der Waals surface area contributed by atoms with Gasteiger partial charge in [-0.3, -0.25) is 4.79 Å². The maximum atomic E-state index is 12.0. The lowest BCUT2D eigenvalue weighted by Gasteiger charge is -2.39. The molecule has 1 unspecified atom stereocenters. The van der Waals surface area contributed by atoms with Crippen molar-refractivity contribution in [2.45, 2.75) is 45.6 Å². The summed E-state index contributed by atoms with van der Waals surface area (Å²) in [5.41, 5.74) is -0.649. The Morgan fingerprint density at radius 1 is 1.40 bits per heavy atom. The van der Waals surface area contributed by atoms with Crippen LogP contribution in [0.2, 0.25) is 0 Å². The molecular weight excluding hydrogens is 260 g/mol. The average molecular weight is 286 g/mol. The maximum absolute atomic E-state index is 12.0. The highest BCUT2D eigenvalue weighted by Crippen LogP contribution is 2.36. The molecule has 1 heterocycles. The number of rotatable bonds is 6. The topological polar surface area (TPSA) is 78.9 Å². The maximum Gasteiger partial charge on any atom is 0.317 e. The zero-order valence-electron chi connectivity index (χ0n) is 12.6. The van der Waals surface area contributed by atoms with Crippen LogP contribution in [-0.4, -0.2) is 54.9 Å². The Morgan fingerprint density at radius 2 is 2.00 bits per heavy atom. The van der Waals surface area contributed by atoms with Crippen molar-refractivity contribution >= 4 is 12.0 Å². The Bertz CT molecular complexity index is 338. The van der Waals surface area contributed by atoms with Crippen LogP contribution in [0, 0.1) is 5.41 Å². The van der Waals surface area contributed by atoms with Crippen molar-refractivity contribution in [2.24, 2.45) is 5.41 Å². The molecule has 2 amide bonds. The minimum atomic E-state index is -0.729. The molecule has 1 atom stereocenters. The average Bonchev–Trinajstić information content (AvgIpc) is 2.39. The van der Waals surface area contributed by atoms with Crippen LogP contribution in [0.5, 0.6) is 0 Å². The van der Waals surface area contributed by atoms with E-state index in [1.54, 1.807) is 12.0 Å². The summed E-state index contributed by atoms with van der Waals surface area (Å²) in [6.07, 6.45) is 2.59. The normalized spacial score (nSPS) is 19.4. The van der Waals surface area contributed by atoms with E-state index in [1.807, 2.05) is 13.8 Å². The van der Waals surface area contributed by atoms with Crippen LogP contribution in [0.4, 0.5) is 4.79 Å². The molecule has 1 rings (SSSR count). The standard InChI is InChI=1S/C14H26N2O4/c1-4-5-14(12(17)18)6-8-16(9-7-14)13(19)15-11(2)10-20-3/h11H,4-10H2,1-3H3,(H,15,19)(H,17,18). The molecule has 0 spiro atoms. The van der Waals surface area contributed by atoms with Gasteiger partial charge in [-0.2, -0.15) is 0 Å². The molecule has 0 saturated carbocycles. The third-order valence-electron chi connectivity index (χ3n) is 3.98. The quantitative estimate of drug-likeness (QED) is 0.779. The highest BCUT2D eigenvalue weighted by Gasteiger charge is 2.41. The van der Waals surface area contributed by atoms with Gasteiger partial charge in [-0.1, -0.05) is 13.3 Å². The number of carboxylic acid groups (broad SMARTS) is 1. The predicted octanol–water partition coefficient (Wildman–Crippen LogP) is 1.70. The van der Waals surface area contributed by atoms with Gasteiger partial charge >= 0.3 is 12.0 Å². The monoisotopic (exact) mass is 286 g/mol. The third-order valence-corrected chi connectivity index (χ3v) is 3.98. The fourth-order valence-electron chi connectivity index (χ4n) is 2.78. The van der Waals surface area contributed by atoms with E-state index in [0.717, 1.165) is 6.42 Å². The first-order valence-corrected chi connectivity index (χ1v) is 7.23. The Kier molecular flexibility index (Phi) is 6.26. The molecule has 0 radical (unpaired) electrons. The van der Waals surface area contributed by atoms with E-state index >= 15 is 0 Å². The predicted molar refractivity (Wildman–Crippen MR) is 75.7 cm³/mol. The molecule has 116 valence electrons. The van der Waals surface area contributed by atoms with Gasteiger partial charge in [-0.15, -0.1) is 0 Å². The van der Waals surface area contributed by atoms with E-state index in [2.05, 4.69) is 5.32 Å². The SMILES string of the molecule is CCCC1(C(=O)O)CCN(C(=O)NC(C)COC)CC1. The smallest absolute Gasteiger partial charge is 0.317 e. The van der Waals surface area contributed by atoms with E-state index in [1.165, 1.54) is 0 Å². The van der Waals surface area contributed by atoms with Crippen molar-refractivity contribution in [3.63, 3.8) is 0 Å². The van der Waals surface area contributed by atoms with E-state index in [4.69, 9.17) is 4.74 Å². The number of carbonyl (C=O) groups is 2. The molecule has 1 fully saturated rings. The lowest BCUT2D eigenvalue weighted by molar-refractivity contribution is -0.152. The van der Waals surface area contributed by atoms with E-state index in [9.17, 15) is 14.7 Å². The molecule has 0 aromatic heterocycles. The van der Waals surface area contributed by atoms with E-state index in [-0.39, 0.29) is 12.1 Å². The Labute approximate surface area is 120 Å². The molecular formula is C14H26N2O4. The minimum absolute atomic E-state index is 0.0469. The fourth-order valence-corrected chi connectivity index (χ4v) is 2.78. The summed E-state index contributed by atoms with van der Waals surface area (Å²) < 4.78 is 4.98. The summed E-state index contributed by atoms with van der Waals surface area (Å²) in [6.45, 7) is 5.34. The van der Waals surface area contributed by atoms with Gasteiger partial charge in [0.05, 0.1) is 18.1 Å². The van der Waals surface area contributed by atoms with Crippen molar-refractivity contribution in [2.75, 3.05) is 26.8 Å². The van der Waals surface area contributed by atoms with Crippen molar-refractivity contribution in [1.29, 1.82) is 0 Å². The van der Waals surface area contributed by atoms with Crippen LogP contribution in [0.3, 0.4) is 0 Å². The number of amides is 2. The number of nitrogens with one attached hydrogen (secondary N) is 1. The molecule has 0 aromatic carbocycles. The first-order chi connectivity index (χ1) is 9.45. The number of carbonyl (C=O) groups excluding carboxylic acids is 1. The summed E-state index contributed by atoms with van der Waals surface area (Å²) in [6, 6.07) is -0.181. The summed E-state index contributed by atoms with van der Waals surface area (Å²) in [4.78, 5) is 25.2. The zero-order valence-corrected chi connectivity index (χ0v) is 12.6. The van der Waals surface area contributed by atoms with Crippen LogP contribution in [0.1, 0.15) is 39.5 Å². The highest BCUT2D eigenvalue weighted by atomic mass is 16.5. The van der Waals surface area contributed by atoms with Crippen LogP contribution in [0.25, 0.3) is 0 Å². The summed E-state index contributed by atoms with van der Waals surface area (Å²) in [7, 11) is 1.59. The first-order valence-electron chi connectivity index (χ1n) is 7.23. The zero-order chi connectivity index (χ0) is 15.2. The van der Waals surface area contributed by atoms with Gasteiger partial charge in [0.15, 0.2) is 0 Å². The molecule has 1 aliphatic heterocycles. The van der Waals surface area contributed by atoms with E-state index in [0.29, 0.717) is 39.0 Å². The van der Waals surface area contributed by atoms with Crippen molar-refractivity contribution in [3.05, 3.63) is 0 Å². The van der Waals surface area contributed by atoms with Crippen LogP contribution in [-0.2, 0) is 9.53 Å². The van der Waals surface area contributed by atoms with Gasteiger partial charge in [0, 0.05) is 20.2 Å². The highest BCUT2D eigenvalue weighted by molar-refractivity contribution is 5.77.